The molecule has 6 nitrogen and oxygen atoms in total. The molecule has 0 aromatic rings. The van der Waals surface area contributed by atoms with Crippen LogP contribution in [0.25, 0.3) is 0 Å². The number of ether oxygens (including phenoxy) is 3. The first kappa shape index (κ1) is 55.4. The molecule has 6 heteroatoms. The number of carbonyl (C=O) groups is 3. The lowest BCUT2D eigenvalue weighted by atomic mass is 10.0. The molecule has 0 aliphatic rings. The Morgan fingerprint density at radius 3 is 0.702 bits per heavy atom. The van der Waals surface area contributed by atoms with Crippen molar-refractivity contribution in [3.8, 4) is 0 Å². The molecule has 0 radical (unpaired) electrons. The van der Waals surface area contributed by atoms with Crippen LogP contribution in [0.15, 0.2) is 0 Å². The molecule has 0 aliphatic heterocycles. The molecule has 0 aliphatic carbocycles. The second-order valence-corrected chi connectivity index (χ2v) is 17.5. The minimum Gasteiger partial charge on any atom is -0.462 e. The maximum absolute atomic E-state index is 12.8. The van der Waals surface area contributed by atoms with Crippen LogP contribution >= 0.6 is 0 Å². The van der Waals surface area contributed by atoms with Crippen LogP contribution in [0.2, 0.25) is 0 Å². The first-order valence-corrected chi connectivity index (χ1v) is 25.5. The van der Waals surface area contributed by atoms with E-state index in [4.69, 9.17) is 14.2 Å². The Bertz CT molecular complexity index is 844. The molecule has 0 rings (SSSR count). The minimum absolute atomic E-state index is 0.0619. The van der Waals surface area contributed by atoms with Gasteiger partial charge >= 0.3 is 17.9 Å². The zero-order chi connectivity index (χ0) is 41.5. The van der Waals surface area contributed by atoms with Crippen molar-refractivity contribution in [1.29, 1.82) is 0 Å². The van der Waals surface area contributed by atoms with Crippen LogP contribution < -0.4 is 0 Å². The van der Waals surface area contributed by atoms with E-state index in [9.17, 15) is 14.4 Å². The summed E-state index contributed by atoms with van der Waals surface area (Å²) in [7, 11) is 0. The molecule has 0 heterocycles. The van der Waals surface area contributed by atoms with Gasteiger partial charge in [0, 0.05) is 19.3 Å². The van der Waals surface area contributed by atoms with E-state index < -0.39 is 6.10 Å². The van der Waals surface area contributed by atoms with Crippen LogP contribution in [0.5, 0.6) is 0 Å². The molecule has 0 fully saturated rings. The number of esters is 3. The first-order chi connectivity index (χ1) is 28.0. The number of carbonyl (C=O) groups excluding carboxylic acids is 3. The number of hydrogen-bond donors (Lipinski definition) is 0. The maximum Gasteiger partial charge on any atom is 0.306 e. The van der Waals surface area contributed by atoms with Crippen molar-refractivity contribution in [2.24, 2.45) is 0 Å². The summed E-state index contributed by atoms with van der Waals surface area (Å²) in [5.74, 6) is -0.842. The van der Waals surface area contributed by atoms with Gasteiger partial charge in [-0.1, -0.05) is 252 Å². The average molecular weight is 807 g/mol. The smallest absolute Gasteiger partial charge is 0.306 e. The minimum atomic E-state index is -0.759. The highest BCUT2D eigenvalue weighted by Crippen LogP contribution is 2.17. The summed E-state index contributed by atoms with van der Waals surface area (Å²) < 4.78 is 16.8. The molecular weight excluding hydrogens is 709 g/mol. The largest absolute Gasteiger partial charge is 0.462 e. The van der Waals surface area contributed by atoms with Crippen LogP contribution in [0, 0.1) is 0 Å². The van der Waals surface area contributed by atoms with E-state index in [0.29, 0.717) is 19.3 Å². The summed E-state index contributed by atoms with van der Waals surface area (Å²) in [6.07, 6.45) is 49.3. The van der Waals surface area contributed by atoms with E-state index in [2.05, 4.69) is 20.8 Å². The molecule has 1 atom stereocenters. The third kappa shape index (κ3) is 45.3. The van der Waals surface area contributed by atoms with Gasteiger partial charge < -0.3 is 14.2 Å². The molecule has 0 spiro atoms. The summed E-state index contributed by atoms with van der Waals surface area (Å²) in [5.41, 5.74) is 0. The summed E-state index contributed by atoms with van der Waals surface area (Å²) in [4.78, 5) is 37.9. The molecule has 0 bridgehead atoms. The Morgan fingerprint density at radius 1 is 0.281 bits per heavy atom. The van der Waals surface area contributed by atoms with Gasteiger partial charge in [-0.2, -0.15) is 0 Å². The molecule has 57 heavy (non-hydrogen) atoms. The van der Waals surface area contributed by atoms with Crippen LogP contribution in [-0.2, 0) is 28.6 Å². The number of hydrogen-bond acceptors (Lipinski definition) is 6. The third-order valence-corrected chi connectivity index (χ3v) is 11.6. The van der Waals surface area contributed by atoms with E-state index in [1.54, 1.807) is 0 Å². The van der Waals surface area contributed by atoms with Crippen molar-refractivity contribution in [2.45, 2.75) is 297 Å². The van der Waals surface area contributed by atoms with Crippen LogP contribution in [0.4, 0.5) is 0 Å². The van der Waals surface area contributed by atoms with Gasteiger partial charge in [0.15, 0.2) is 6.10 Å². The molecule has 0 unspecified atom stereocenters. The lowest BCUT2D eigenvalue weighted by Gasteiger charge is -2.18. The van der Waals surface area contributed by atoms with E-state index >= 15 is 0 Å². The van der Waals surface area contributed by atoms with E-state index in [-0.39, 0.29) is 31.1 Å². The van der Waals surface area contributed by atoms with Crippen molar-refractivity contribution in [3.63, 3.8) is 0 Å². The van der Waals surface area contributed by atoms with Crippen molar-refractivity contribution in [1.82, 2.24) is 0 Å². The molecule has 0 amide bonds. The Morgan fingerprint density at radius 2 is 0.474 bits per heavy atom. The first-order valence-electron chi connectivity index (χ1n) is 25.5. The third-order valence-electron chi connectivity index (χ3n) is 11.6. The molecule has 0 saturated carbocycles. The van der Waals surface area contributed by atoms with Gasteiger partial charge in [-0.3, -0.25) is 14.4 Å². The summed E-state index contributed by atoms with van der Waals surface area (Å²) >= 11 is 0. The Kier molecular flexibility index (Phi) is 45.8. The Hall–Kier alpha value is -1.59. The molecule has 0 aromatic carbocycles. The highest BCUT2D eigenvalue weighted by molar-refractivity contribution is 5.71. The summed E-state index contributed by atoms with van der Waals surface area (Å²) in [6, 6.07) is 0. The SMILES string of the molecule is CCCCCCCCCCCCCCCCC(=O)OC[C@H](COC(=O)CCCCCCCCCCCCC)OC(=O)CCCCCCCCCCCCCCCC. The molecular formula is C51H98O6. The van der Waals surface area contributed by atoms with Crippen molar-refractivity contribution < 1.29 is 28.6 Å². The summed E-state index contributed by atoms with van der Waals surface area (Å²) in [5, 5.41) is 0. The topological polar surface area (TPSA) is 78.9 Å². The molecule has 338 valence electrons. The highest BCUT2D eigenvalue weighted by atomic mass is 16.6. The fourth-order valence-electron chi connectivity index (χ4n) is 7.74. The van der Waals surface area contributed by atoms with E-state index in [1.807, 2.05) is 0 Å². The highest BCUT2D eigenvalue weighted by Gasteiger charge is 2.19. The summed E-state index contributed by atoms with van der Waals surface area (Å²) in [6.45, 7) is 6.67. The number of rotatable bonds is 47. The fraction of sp³-hybridized carbons (Fsp3) is 0.941. The lowest BCUT2D eigenvalue weighted by Crippen LogP contribution is -2.30. The zero-order valence-corrected chi connectivity index (χ0v) is 38.6. The van der Waals surface area contributed by atoms with Gasteiger partial charge in [0.25, 0.3) is 0 Å². The zero-order valence-electron chi connectivity index (χ0n) is 38.6. The van der Waals surface area contributed by atoms with Gasteiger partial charge in [0.05, 0.1) is 0 Å². The van der Waals surface area contributed by atoms with E-state index in [0.717, 1.165) is 57.8 Å². The van der Waals surface area contributed by atoms with Crippen molar-refractivity contribution >= 4 is 17.9 Å². The van der Waals surface area contributed by atoms with Crippen LogP contribution in [0.3, 0.4) is 0 Å². The normalized spacial score (nSPS) is 11.8. The lowest BCUT2D eigenvalue weighted by molar-refractivity contribution is -0.167. The van der Waals surface area contributed by atoms with Crippen LogP contribution in [0.1, 0.15) is 290 Å². The Labute approximate surface area is 355 Å². The maximum atomic E-state index is 12.8. The predicted octanol–water partition coefficient (Wildman–Crippen LogP) is 16.4. The standard InChI is InChI=1S/C51H98O6/c1-4-7-10-13-16-19-22-24-26-29-32-35-38-41-44-50(53)56-47-48(46-55-49(52)43-40-37-34-31-28-21-18-15-12-9-6-3)57-51(54)45-42-39-36-33-30-27-25-23-20-17-14-11-8-5-2/h48H,4-47H2,1-3H3/t48-/m0/s1. The molecule has 0 aromatic heterocycles. The quantitative estimate of drug-likeness (QED) is 0.0346. The van der Waals surface area contributed by atoms with Crippen LogP contribution in [-0.4, -0.2) is 37.2 Å². The number of unbranched alkanes of at least 4 members (excludes halogenated alkanes) is 36. The van der Waals surface area contributed by atoms with Gasteiger partial charge in [0.2, 0.25) is 0 Å². The monoisotopic (exact) mass is 807 g/mol. The fourth-order valence-corrected chi connectivity index (χ4v) is 7.74. The average Bonchev–Trinajstić information content (AvgIpc) is 3.21. The second-order valence-electron chi connectivity index (χ2n) is 17.5. The van der Waals surface area contributed by atoms with Gasteiger partial charge in [0.1, 0.15) is 13.2 Å². The Balaban J connectivity index is 4.30. The second kappa shape index (κ2) is 47.1. The van der Waals surface area contributed by atoms with Crippen molar-refractivity contribution in [3.05, 3.63) is 0 Å². The molecule has 0 N–H and O–H groups in total. The van der Waals surface area contributed by atoms with Gasteiger partial charge in [-0.25, -0.2) is 0 Å². The van der Waals surface area contributed by atoms with Crippen molar-refractivity contribution in [2.75, 3.05) is 13.2 Å². The van der Waals surface area contributed by atoms with Gasteiger partial charge in [-0.05, 0) is 19.3 Å². The van der Waals surface area contributed by atoms with Gasteiger partial charge in [-0.15, -0.1) is 0 Å². The predicted molar refractivity (Wildman–Crippen MR) is 243 cm³/mol. The molecule has 0 saturated heterocycles. The van der Waals surface area contributed by atoms with E-state index in [1.165, 1.54) is 193 Å².